The summed E-state index contributed by atoms with van der Waals surface area (Å²) in [5, 5.41) is 0. The normalized spacial score (nSPS) is 15.7. The number of fused-ring (bicyclic) bond motifs is 1. The van der Waals surface area contributed by atoms with Gasteiger partial charge in [-0.05, 0) is 53.0 Å². The van der Waals surface area contributed by atoms with E-state index in [-0.39, 0.29) is 23.7 Å². The van der Waals surface area contributed by atoms with E-state index in [0.717, 1.165) is 10.2 Å². The molecule has 2 heterocycles. The number of Topliss-reactive ketones (excluding diaryl/α,β-unsaturated/α-hetero) is 1. The Morgan fingerprint density at radius 2 is 1.90 bits per heavy atom. The number of hydrogen-bond acceptors (Lipinski definition) is 7. The molecule has 0 aliphatic carbocycles. The first-order chi connectivity index (χ1) is 13.9. The summed E-state index contributed by atoms with van der Waals surface area (Å²) in [6.07, 6.45) is 2.30. The van der Waals surface area contributed by atoms with E-state index in [1.807, 2.05) is 0 Å². The third kappa shape index (κ3) is 5.74. The molecule has 10 heteroatoms. The Hall–Kier alpha value is -2.04. The molecule has 1 aliphatic rings. The number of ether oxygens (including phenoxy) is 1. The minimum atomic E-state index is -3.52. The highest BCUT2D eigenvalue weighted by Gasteiger charge is 2.29. The van der Waals surface area contributed by atoms with E-state index in [1.54, 1.807) is 36.4 Å². The number of aliphatic imine (C=N–C) groups is 1. The third-order valence-corrected chi connectivity index (χ3v) is 7.25. The molecule has 7 nitrogen and oxygen atoms in total. The molecule has 0 spiro atoms. The molecule has 0 fully saturated rings. The number of nitrogens with one attached hydrogen (secondary N) is 1. The van der Waals surface area contributed by atoms with Crippen LogP contribution in [0.2, 0.25) is 0 Å². The summed E-state index contributed by atoms with van der Waals surface area (Å²) in [5.74, 6) is -0.263. The molecule has 1 N–H and O–H groups in total. The van der Waals surface area contributed by atoms with Crippen molar-refractivity contribution in [3.05, 3.63) is 50.6 Å². The van der Waals surface area contributed by atoms with Crippen molar-refractivity contribution < 1.29 is 22.7 Å². The topological polar surface area (TPSA) is 102 Å². The minimum absolute atomic E-state index is 0.218. The zero-order chi connectivity index (χ0) is 20.9. The van der Waals surface area contributed by atoms with Gasteiger partial charge in [-0.2, -0.15) is 0 Å². The summed E-state index contributed by atoms with van der Waals surface area (Å²) in [7, 11) is -3.52. The highest BCUT2D eigenvalue weighted by atomic mass is 79.9. The van der Waals surface area contributed by atoms with E-state index < -0.39 is 16.0 Å². The molecule has 2 aromatic rings. The van der Waals surface area contributed by atoms with E-state index in [9.17, 15) is 18.0 Å². The first-order valence-electron chi connectivity index (χ1n) is 8.97. The lowest BCUT2D eigenvalue weighted by Crippen LogP contribution is -2.22. The second-order valence-corrected chi connectivity index (χ2v) is 10.4. The largest absolute Gasteiger partial charge is 0.457 e. The Bertz CT molecular complexity index is 1050. The smallest absolute Gasteiger partial charge is 0.306 e. The molecule has 1 aliphatic heterocycles. The zero-order valence-electron chi connectivity index (χ0n) is 15.4. The van der Waals surface area contributed by atoms with Crippen LogP contribution in [0.25, 0.3) is 0 Å². The molecule has 3 rings (SSSR count). The Labute approximate surface area is 181 Å². The Morgan fingerprint density at radius 1 is 1.10 bits per heavy atom. The Balaban J connectivity index is 1.35. The number of thiophene rings is 1. The lowest BCUT2D eigenvalue weighted by molar-refractivity contribution is -0.142. The standard InChI is InChI=1S/C19H19BrN2O5S2/c20-17-10-9-15(28-17)14(23)12-27-18(24)8-2-1-5-11-21-19-13-6-3-4-7-16(13)29(25,26)22-19/h3-4,6-7,9-10H,1-2,5,8,11-12H2,(H,21,22). The second kappa shape index (κ2) is 9.64. The third-order valence-electron chi connectivity index (χ3n) is 4.18. The van der Waals surface area contributed by atoms with Gasteiger partial charge in [-0.1, -0.05) is 18.6 Å². The van der Waals surface area contributed by atoms with Crippen LogP contribution in [0.5, 0.6) is 0 Å². The molecule has 0 saturated carbocycles. The minimum Gasteiger partial charge on any atom is -0.457 e. The molecule has 154 valence electrons. The van der Waals surface area contributed by atoms with Crippen LogP contribution in [0.15, 0.2) is 50.1 Å². The molecular weight excluding hydrogens is 480 g/mol. The number of amidine groups is 1. The first-order valence-corrected chi connectivity index (χ1v) is 12.1. The number of nitrogens with zero attached hydrogens (tertiary/aromatic N) is 1. The predicted molar refractivity (Wildman–Crippen MR) is 114 cm³/mol. The van der Waals surface area contributed by atoms with Crippen LogP contribution in [0.1, 0.15) is 40.9 Å². The van der Waals surface area contributed by atoms with Crippen LogP contribution in [0, 0.1) is 0 Å². The molecule has 0 saturated heterocycles. The fourth-order valence-electron chi connectivity index (χ4n) is 2.75. The highest BCUT2D eigenvalue weighted by molar-refractivity contribution is 9.11. The van der Waals surface area contributed by atoms with Crippen molar-refractivity contribution in [1.82, 2.24) is 4.72 Å². The van der Waals surface area contributed by atoms with Crippen molar-refractivity contribution in [3.63, 3.8) is 0 Å². The van der Waals surface area contributed by atoms with Crippen molar-refractivity contribution in [1.29, 1.82) is 0 Å². The maximum Gasteiger partial charge on any atom is 0.306 e. The van der Waals surface area contributed by atoms with Gasteiger partial charge < -0.3 is 4.74 Å². The first kappa shape index (κ1) is 21.7. The van der Waals surface area contributed by atoms with Crippen molar-refractivity contribution in [2.75, 3.05) is 13.2 Å². The van der Waals surface area contributed by atoms with Crippen LogP contribution in [-0.2, 0) is 19.6 Å². The number of rotatable bonds is 9. The summed E-state index contributed by atoms with van der Waals surface area (Å²) in [6.45, 7) is 0.200. The van der Waals surface area contributed by atoms with Gasteiger partial charge in [0, 0.05) is 18.5 Å². The van der Waals surface area contributed by atoms with Gasteiger partial charge >= 0.3 is 5.97 Å². The number of unbranched alkanes of at least 4 members (excludes halogenated alkanes) is 2. The van der Waals surface area contributed by atoms with E-state index >= 15 is 0 Å². The number of carbonyl (C=O) groups excluding carboxylic acids is 2. The van der Waals surface area contributed by atoms with Gasteiger partial charge in [-0.25, -0.2) is 8.42 Å². The molecule has 0 amide bonds. The second-order valence-electron chi connectivity index (χ2n) is 6.33. The van der Waals surface area contributed by atoms with E-state index in [1.165, 1.54) is 11.3 Å². The SMILES string of the molecule is O=C(CCCCCN=C1NS(=O)(=O)c2ccccc21)OCC(=O)c1ccc(Br)s1. The fraction of sp³-hybridized carbons (Fsp3) is 0.316. The summed E-state index contributed by atoms with van der Waals surface area (Å²) < 4.78 is 32.3. The van der Waals surface area contributed by atoms with Gasteiger partial charge in [-0.3, -0.25) is 19.3 Å². The molecule has 0 bridgehead atoms. The molecule has 1 aromatic carbocycles. The van der Waals surface area contributed by atoms with Gasteiger partial charge in [0.1, 0.15) is 5.84 Å². The van der Waals surface area contributed by atoms with Gasteiger partial charge in [-0.15, -0.1) is 11.3 Å². The van der Waals surface area contributed by atoms with Gasteiger partial charge in [0.25, 0.3) is 10.0 Å². The maximum absolute atomic E-state index is 12.0. The quantitative estimate of drug-likeness (QED) is 0.323. The van der Waals surface area contributed by atoms with Crippen LogP contribution in [0.4, 0.5) is 0 Å². The number of ketones is 1. The average Bonchev–Trinajstić information content (AvgIpc) is 3.24. The zero-order valence-corrected chi connectivity index (χ0v) is 18.6. The predicted octanol–water partition coefficient (Wildman–Crippen LogP) is 3.54. The fourth-order valence-corrected chi connectivity index (χ4v) is 5.31. The van der Waals surface area contributed by atoms with Crippen molar-refractivity contribution >= 4 is 54.9 Å². The number of benzene rings is 1. The molecule has 29 heavy (non-hydrogen) atoms. The van der Waals surface area contributed by atoms with Gasteiger partial charge in [0.15, 0.2) is 6.61 Å². The summed E-state index contributed by atoms with van der Waals surface area (Å²) in [6, 6.07) is 10.2. The summed E-state index contributed by atoms with van der Waals surface area (Å²) in [4.78, 5) is 28.8. The van der Waals surface area contributed by atoms with E-state index in [2.05, 4.69) is 25.6 Å². The van der Waals surface area contributed by atoms with Crippen LogP contribution in [0.3, 0.4) is 0 Å². The number of halogens is 1. The number of hydrogen-bond donors (Lipinski definition) is 1. The Morgan fingerprint density at radius 3 is 2.66 bits per heavy atom. The summed E-state index contributed by atoms with van der Waals surface area (Å²) in [5.41, 5.74) is 0.582. The lowest BCUT2D eigenvalue weighted by atomic mass is 10.2. The van der Waals surface area contributed by atoms with Crippen molar-refractivity contribution in [2.45, 2.75) is 30.6 Å². The average molecular weight is 499 g/mol. The lowest BCUT2D eigenvalue weighted by Gasteiger charge is -2.03. The van der Waals surface area contributed by atoms with Gasteiger partial charge in [0.05, 0.1) is 13.6 Å². The van der Waals surface area contributed by atoms with Gasteiger partial charge in [0.2, 0.25) is 5.78 Å². The molecular formula is C19H19BrN2O5S2. The molecule has 0 atom stereocenters. The van der Waals surface area contributed by atoms with Crippen molar-refractivity contribution in [3.8, 4) is 0 Å². The maximum atomic E-state index is 12.0. The molecule has 0 radical (unpaired) electrons. The number of sulfonamides is 1. The monoisotopic (exact) mass is 498 g/mol. The summed E-state index contributed by atoms with van der Waals surface area (Å²) >= 11 is 4.59. The number of esters is 1. The molecule has 1 aromatic heterocycles. The van der Waals surface area contributed by atoms with Crippen molar-refractivity contribution in [2.24, 2.45) is 4.99 Å². The Kier molecular flexibility index (Phi) is 7.20. The van der Waals surface area contributed by atoms with E-state index in [4.69, 9.17) is 4.74 Å². The van der Waals surface area contributed by atoms with Crippen LogP contribution < -0.4 is 4.72 Å². The number of carbonyl (C=O) groups is 2. The van der Waals surface area contributed by atoms with Crippen LogP contribution >= 0.6 is 27.3 Å². The van der Waals surface area contributed by atoms with E-state index in [0.29, 0.717) is 35.7 Å². The molecule has 0 unspecified atom stereocenters. The highest BCUT2D eigenvalue weighted by Crippen LogP contribution is 2.23. The van der Waals surface area contributed by atoms with Crippen LogP contribution in [-0.4, -0.2) is 39.2 Å².